The smallest absolute Gasteiger partial charge is 0.508 e. The van der Waals surface area contributed by atoms with Crippen molar-refractivity contribution >= 4 is 10.8 Å². The number of phenols is 1. The van der Waals surface area contributed by atoms with Crippen molar-refractivity contribution in [1.29, 1.82) is 0 Å². The van der Waals surface area contributed by atoms with Gasteiger partial charge in [-0.3, -0.25) is 0 Å². The molecule has 3 aromatic rings. The fourth-order valence-corrected chi connectivity index (χ4v) is 2.41. The lowest BCUT2D eigenvalue weighted by atomic mass is 9.98. The zero-order valence-corrected chi connectivity index (χ0v) is 11.3. The number of halogens is 3. The van der Waals surface area contributed by atoms with Crippen LogP contribution in [0.3, 0.4) is 0 Å². The highest BCUT2D eigenvalue weighted by Crippen LogP contribution is 2.35. The number of rotatable bonds is 2. The van der Waals surface area contributed by atoms with Crippen LogP contribution in [-0.2, 0) is 0 Å². The van der Waals surface area contributed by atoms with Crippen LogP contribution in [-0.4, -0.2) is 11.5 Å². The van der Waals surface area contributed by atoms with Crippen LogP contribution in [0.4, 0.5) is 13.2 Å². The van der Waals surface area contributed by atoms with E-state index in [-0.39, 0.29) is 5.75 Å². The van der Waals surface area contributed by atoms with Gasteiger partial charge in [-0.15, -0.1) is 13.2 Å². The Morgan fingerprint density at radius 1 is 0.864 bits per heavy atom. The van der Waals surface area contributed by atoms with Crippen molar-refractivity contribution in [3.63, 3.8) is 0 Å². The Morgan fingerprint density at radius 2 is 1.59 bits per heavy atom. The summed E-state index contributed by atoms with van der Waals surface area (Å²) in [7, 11) is 0. The number of aromatic hydroxyl groups is 1. The first-order valence-electron chi connectivity index (χ1n) is 6.50. The van der Waals surface area contributed by atoms with Gasteiger partial charge < -0.3 is 9.84 Å². The van der Waals surface area contributed by atoms with Crippen molar-refractivity contribution in [2.45, 2.75) is 6.36 Å². The van der Waals surface area contributed by atoms with Gasteiger partial charge in [0.05, 0.1) is 0 Å². The topological polar surface area (TPSA) is 29.5 Å². The monoisotopic (exact) mass is 304 g/mol. The van der Waals surface area contributed by atoms with E-state index in [1.807, 2.05) is 36.4 Å². The van der Waals surface area contributed by atoms with Crippen LogP contribution in [0.25, 0.3) is 21.9 Å². The summed E-state index contributed by atoms with van der Waals surface area (Å²) < 4.78 is 41.0. The fourth-order valence-electron chi connectivity index (χ4n) is 2.41. The Morgan fingerprint density at radius 3 is 2.36 bits per heavy atom. The Kier molecular flexibility index (Phi) is 3.41. The molecule has 0 aliphatic heterocycles. The molecule has 2 nitrogen and oxygen atoms in total. The first-order valence-corrected chi connectivity index (χ1v) is 6.50. The lowest BCUT2D eigenvalue weighted by molar-refractivity contribution is -0.274. The molecule has 0 saturated carbocycles. The van der Waals surface area contributed by atoms with Crippen LogP contribution in [0.5, 0.6) is 11.5 Å². The summed E-state index contributed by atoms with van der Waals surface area (Å²) >= 11 is 0. The van der Waals surface area contributed by atoms with E-state index in [4.69, 9.17) is 0 Å². The maximum Gasteiger partial charge on any atom is 0.573 e. The molecule has 0 radical (unpaired) electrons. The summed E-state index contributed by atoms with van der Waals surface area (Å²) in [4.78, 5) is 0. The third-order valence-electron chi connectivity index (χ3n) is 3.23. The Labute approximate surface area is 124 Å². The highest BCUT2D eigenvalue weighted by atomic mass is 19.4. The molecule has 1 N–H and O–H groups in total. The molecule has 0 saturated heterocycles. The zero-order valence-electron chi connectivity index (χ0n) is 11.3. The van der Waals surface area contributed by atoms with Crippen molar-refractivity contribution in [2.75, 3.05) is 0 Å². The lowest BCUT2D eigenvalue weighted by Gasteiger charge is -2.12. The van der Waals surface area contributed by atoms with Gasteiger partial charge in [0.2, 0.25) is 0 Å². The second kappa shape index (κ2) is 5.26. The minimum absolute atomic E-state index is 0.287. The first kappa shape index (κ1) is 14.3. The van der Waals surface area contributed by atoms with E-state index < -0.39 is 12.1 Å². The molecular weight excluding hydrogens is 293 g/mol. The van der Waals surface area contributed by atoms with Crippen LogP contribution in [0.2, 0.25) is 0 Å². The van der Waals surface area contributed by atoms with Crippen LogP contribution in [0.1, 0.15) is 0 Å². The van der Waals surface area contributed by atoms with Gasteiger partial charge in [0.1, 0.15) is 11.5 Å². The highest BCUT2D eigenvalue weighted by molar-refractivity contribution is 5.96. The van der Waals surface area contributed by atoms with E-state index in [2.05, 4.69) is 4.74 Å². The average Bonchev–Trinajstić information content (AvgIpc) is 2.44. The highest BCUT2D eigenvalue weighted by Gasteiger charge is 2.31. The van der Waals surface area contributed by atoms with Crippen LogP contribution < -0.4 is 4.74 Å². The molecule has 3 rings (SSSR count). The minimum atomic E-state index is -4.80. The van der Waals surface area contributed by atoms with Gasteiger partial charge in [0, 0.05) is 6.07 Å². The zero-order chi connectivity index (χ0) is 15.7. The second-order valence-corrected chi connectivity index (χ2v) is 4.79. The molecule has 0 atom stereocenters. The molecule has 3 aromatic carbocycles. The number of phenolic OH excluding ortho intramolecular Hbond substituents is 1. The summed E-state index contributed by atoms with van der Waals surface area (Å²) in [6.07, 6.45) is -4.80. The van der Waals surface area contributed by atoms with Gasteiger partial charge in [-0.1, -0.05) is 42.5 Å². The van der Waals surface area contributed by atoms with Gasteiger partial charge in [0.15, 0.2) is 0 Å². The second-order valence-electron chi connectivity index (χ2n) is 4.79. The van der Waals surface area contributed by atoms with Crippen molar-refractivity contribution in [3.05, 3.63) is 60.7 Å². The van der Waals surface area contributed by atoms with Crippen LogP contribution in [0.15, 0.2) is 60.7 Å². The summed E-state index contributed by atoms with van der Waals surface area (Å²) in [5, 5.41) is 11.5. The number of benzene rings is 3. The molecule has 5 heteroatoms. The summed E-state index contributed by atoms with van der Waals surface area (Å²) in [5.74, 6) is -0.736. The van der Waals surface area contributed by atoms with Crippen LogP contribution in [0, 0.1) is 0 Å². The number of fused-ring (bicyclic) bond motifs is 1. The summed E-state index contributed by atoms with van der Waals surface area (Å²) in [5.41, 5.74) is 1.18. The third kappa shape index (κ3) is 2.98. The van der Waals surface area contributed by atoms with Crippen molar-refractivity contribution in [2.24, 2.45) is 0 Å². The molecule has 0 fully saturated rings. The molecule has 0 aromatic heterocycles. The lowest BCUT2D eigenvalue weighted by Crippen LogP contribution is -2.17. The largest absolute Gasteiger partial charge is 0.573 e. The van der Waals surface area contributed by atoms with E-state index in [9.17, 15) is 18.3 Å². The molecule has 112 valence electrons. The maximum absolute atomic E-state index is 12.4. The summed E-state index contributed by atoms with van der Waals surface area (Å²) in [6, 6.07) is 16.6. The van der Waals surface area contributed by atoms with Gasteiger partial charge in [-0.05, 0) is 34.0 Å². The minimum Gasteiger partial charge on any atom is -0.508 e. The predicted molar refractivity (Wildman–Crippen MR) is 77.7 cm³/mol. The third-order valence-corrected chi connectivity index (χ3v) is 3.23. The van der Waals surface area contributed by atoms with E-state index in [0.717, 1.165) is 22.4 Å². The standard InChI is InChI=1S/C17H11F3O2/c18-17(19,20)22-14-9-12(8-13(21)10-14)16-7-3-5-11-4-1-2-6-15(11)16/h1-10,21H. The average molecular weight is 304 g/mol. The van der Waals surface area contributed by atoms with E-state index >= 15 is 0 Å². The molecule has 0 unspecified atom stereocenters. The van der Waals surface area contributed by atoms with Crippen molar-refractivity contribution in [3.8, 4) is 22.6 Å². The predicted octanol–water partition coefficient (Wildman–Crippen LogP) is 5.11. The molecule has 0 heterocycles. The first-order chi connectivity index (χ1) is 10.4. The van der Waals surface area contributed by atoms with Gasteiger partial charge in [-0.25, -0.2) is 0 Å². The Hall–Kier alpha value is -2.69. The molecule has 0 spiro atoms. The van der Waals surface area contributed by atoms with Gasteiger partial charge in [-0.2, -0.15) is 0 Å². The number of hydrogen-bond acceptors (Lipinski definition) is 2. The fraction of sp³-hybridized carbons (Fsp3) is 0.0588. The Balaban J connectivity index is 2.14. The number of alkyl halides is 3. The normalized spacial score (nSPS) is 11.6. The molecule has 0 aliphatic carbocycles. The molecule has 22 heavy (non-hydrogen) atoms. The maximum atomic E-state index is 12.4. The number of ether oxygens (including phenoxy) is 1. The van der Waals surface area contributed by atoms with Gasteiger partial charge in [0.25, 0.3) is 0 Å². The Bertz CT molecular complexity index is 820. The van der Waals surface area contributed by atoms with Crippen molar-refractivity contribution in [1.82, 2.24) is 0 Å². The SMILES string of the molecule is Oc1cc(OC(F)(F)F)cc(-c2cccc3ccccc23)c1. The molecular formula is C17H11F3O2. The van der Waals surface area contributed by atoms with E-state index in [0.29, 0.717) is 5.56 Å². The summed E-state index contributed by atoms with van der Waals surface area (Å²) in [6.45, 7) is 0. The number of hydrogen-bond donors (Lipinski definition) is 1. The molecule has 0 aliphatic rings. The van der Waals surface area contributed by atoms with Crippen LogP contribution >= 0.6 is 0 Å². The van der Waals surface area contributed by atoms with E-state index in [1.54, 1.807) is 6.07 Å². The van der Waals surface area contributed by atoms with E-state index in [1.165, 1.54) is 12.1 Å². The quantitative estimate of drug-likeness (QED) is 0.713. The van der Waals surface area contributed by atoms with Gasteiger partial charge >= 0.3 is 6.36 Å². The molecule has 0 bridgehead atoms. The van der Waals surface area contributed by atoms with Crippen molar-refractivity contribution < 1.29 is 23.0 Å². The molecule has 0 amide bonds.